The summed E-state index contributed by atoms with van der Waals surface area (Å²) in [5.41, 5.74) is 0.551. The SMILES string of the molecule is COC(=O)[C@H](CSC)NC(=O)C1(NC(=O)c2ccc(C3CSC(N4CCC(N5CCOCC5)CC4)=N3)cc2)CCCCC1. The molecule has 0 spiro atoms. The molecule has 43 heavy (non-hydrogen) atoms. The second-order valence-electron chi connectivity index (χ2n) is 11.8. The summed E-state index contributed by atoms with van der Waals surface area (Å²) in [5.74, 6) is 0.214. The van der Waals surface area contributed by atoms with Gasteiger partial charge in [0.15, 0.2) is 5.17 Å². The minimum Gasteiger partial charge on any atom is -0.467 e. The van der Waals surface area contributed by atoms with Gasteiger partial charge < -0.3 is 25.0 Å². The molecule has 4 aliphatic rings. The van der Waals surface area contributed by atoms with E-state index < -0.39 is 17.6 Å². The van der Waals surface area contributed by atoms with E-state index in [2.05, 4.69) is 20.4 Å². The lowest BCUT2D eigenvalue weighted by Crippen LogP contribution is -2.62. The molecule has 0 bridgehead atoms. The Kier molecular flexibility index (Phi) is 11.3. The van der Waals surface area contributed by atoms with Crippen LogP contribution in [-0.4, -0.2) is 115 Å². The quantitative estimate of drug-likeness (QED) is 0.397. The smallest absolute Gasteiger partial charge is 0.329 e. The van der Waals surface area contributed by atoms with Crippen molar-refractivity contribution in [2.75, 3.05) is 64.3 Å². The van der Waals surface area contributed by atoms with E-state index in [9.17, 15) is 14.4 Å². The van der Waals surface area contributed by atoms with Crippen LogP contribution < -0.4 is 10.6 Å². The molecule has 1 unspecified atom stereocenters. The molecule has 0 aromatic heterocycles. The van der Waals surface area contributed by atoms with Crippen molar-refractivity contribution in [2.24, 2.45) is 4.99 Å². The highest BCUT2D eigenvalue weighted by Gasteiger charge is 2.42. The van der Waals surface area contributed by atoms with Gasteiger partial charge in [0.25, 0.3) is 5.91 Å². The van der Waals surface area contributed by atoms with Gasteiger partial charge in [-0.25, -0.2) is 4.79 Å². The average molecular weight is 632 g/mol. The van der Waals surface area contributed by atoms with Crippen LogP contribution in [0.5, 0.6) is 0 Å². The van der Waals surface area contributed by atoms with E-state index in [1.165, 1.54) is 18.9 Å². The van der Waals surface area contributed by atoms with E-state index in [-0.39, 0.29) is 17.9 Å². The number of amides is 2. The molecule has 2 atom stereocenters. The Morgan fingerprint density at radius 3 is 2.44 bits per heavy atom. The predicted octanol–water partition coefficient (Wildman–Crippen LogP) is 3.08. The van der Waals surface area contributed by atoms with Crippen molar-refractivity contribution in [3.05, 3.63) is 35.4 Å². The number of hydrogen-bond donors (Lipinski definition) is 2. The van der Waals surface area contributed by atoms with Crippen LogP contribution in [-0.2, 0) is 19.1 Å². The van der Waals surface area contributed by atoms with Gasteiger partial charge >= 0.3 is 5.97 Å². The van der Waals surface area contributed by atoms with Crippen molar-refractivity contribution in [3.8, 4) is 0 Å². The first-order valence-electron chi connectivity index (χ1n) is 15.5. The van der Waals surface area contributed by atoms with Crippen molar-refractivity contribution < 1.29 is 23.9 Å². The number of likely N-dealkylation sites (tertiary alicyclic amines) is 1. The molecule has 3 fully saturated rings. The van der Waals surface area contributed by atoms with Crippen LogP contribution in [0, 0.1) is 0 Å². The molecular weight excluding hydrogens is 587 g/mol. The van der Waals surface area contributed by atoms with E-state index in [1.807, 2.05) is 42.3 Å². The topological polar surface area (TPSA) is 113 Å². The number of thioether (sulfide) groups is 2. The van der Waals surface area contributed by atoms with E-state index in [0.717, 1.165) is 88.0 Å². The fourth-order valence-corrected chi connectivity index (χ4v) is 8.25. The van der Waals surface area contributed by atoms with E-state index in [1.54, 1.807) is 0 Å². The number of amidine groups is 1. The number of aliphatic imine (C=N–C) groups is 1. The second-order valence-corrected chi connectivity index (χ2v) is 13.7. The molecule has 1 aliphatic carbocycles. The molecule has 10 nitrogen and oxygen atoms in total. The number of carbonyl (C=O) groups is 3. The number of carbonyl (C=O) groups excluding carboxylic acids is 3. The van der Waals surface area contributed by atoms with Crippen molar-refractivity contribution in [2.45, 2.75) is 68.6 Å². The third-order valence-corrected chi connectivity index (χ3v) is 10.9. The van der Waals surface area contributed by atoms with Gasteiger partial charge in [-0.15, -0.1) is 0 Å². The first-order chi connectivity index (χ1) is 20.9. The van der Waals surface area contributed by atoms with Crippen LogP contribution in [0.25, 0.3) is 0 Å². The number of esters is 1. The lowest BCUT2D eigenvalue weighted by Gasteiger charge is -2.40. The minimum absolute atomic E-state index is 0.0660. The van der Waals surface area contributed by atoms with Crippen LogP contribution in [0.2, 0.25) is 0 Å². The minimum atomic E-state index is -1.05. The number of hydrogen-bond acceptors (Lipinski definition) is 10. The molecule has 1 saturated carbocycles. The molecule has 3 heterocycles. The van der Waals surface area contributed by atoms with Crippen molar-refractivity contribution in [1.82, 2.24) is 20.4 Å². The monoisotopic (exact) mass is 631 g/mol. The van der Waals surface area contributed by atoms with E-state index in [0.29, 0.717) is 30.2 Å². The highest BCUT2D eigenvalue weighted by atomic mass is 32.2. The molecule has 5 rings (SSSR count). The van der Waals surface area contributed by atoms with Crippen molar-refractivity contribution in [3.63, 3.8) is 0 Å². The first-order valence-corrected chi connectivity index (χ1v) is 17.9. The largest absolute Gasteiger partial charge is 0.467 e. The fourth-order valence-electron chi connectivity index (χ4n) is 6.55. The predicted molar refractivity (Wildman–Crippen MR) is 172 cm³/mol. The van der Waals surface area contributed by atoms with Gasteiger partial charge in [-0.05, 0) is 49.6 Å². The zero-order valence-electron chi connectivity index (χ0n) is 25.3. The van der Waals surface area contributed by atoms with Gasteiger partial charge in [-0.3, -0.25) is 19.5 Å². The summed E-state index contributed by atoms with van der Waals surface area (Å²) in [7, 11) is 1.31. The lowest BCUT2D eigenvalue weighted by atomic mass is 9.80. The Balaban J connectivity index is 1.18. The number of piperidine rings is 1. The summed E-state index contributed by atoms with van der Waals surface area (Å²) >= 11 is 3.28. The Morgan fingerprint density at radius 1 is 1.09 bits per heavy atom. The van der Waals surface area contributed by atoms with Crippen molar-refractivity contribution >= 4 is 46.5 Å². The molecular formula is C31H45N5O5S2. The number of nitrogens with zero attached hydrogens (tertiary/aromatic N) is 3. The Labute approximate surface area is 263 Å². The summed E-state index contributed by atoms with van der Waals surface area (Å²) in [5, 5.41) is 7.04. The lowest BCUT2D eigenvalue weighted by molar-refractivity contribution is -0.145. The summed E-state index contributed by atoms with van der Waals surface area (Å²) in [6, 6.07) is 7.58. The molecule has 0 radical (unpaired) electrons. The molecule has 1 aromatic carbocycles. The fraction of sp³-hybridized carbons (Fsp3) is 0.677. The highest BCUT2D eigenvalue weighted by molar-refractivity contribution is 8.14. The first kappa shape index (κ1) is 32.1. The average Bonchev–Trinajstić information content (AvgIpc) is 3.55. The van der Waals surface area contributed by atoms with Gasteiger partial charge in [-0.2, -0.15) is 11.8 Å². The summed E-state index contributed by atoms with van der Waals surface area (Å²) in [6.07, 6.45) is 7.95. The molecule has 3 aliphatic heterocycles. The van der Waals surface area contributed by atoms with E-state index in [4.69, 9.17) is 14.5 Å². The van der Waals surface area contributed by atoms with E-state index >= 15 is 0 Å². The van der Waals surface area contributed by atoms with Crippen LogP contribution in [0.15, 0.2) is 29.3 Å². The number of ether oxygens (including phenoxy) is 2. The maximum atomic E-state index is 13.5. The van der Waals surface area contributed by atoms with Crippen LogP contribution in [0.1, 0.15) is 66.9 Å². The number of benzene rings is 1. The second kappa shape index (κ2) is 15.1. The van der Waals surface area contributed by atoms with Gasteiger partial charge in [0.05, 0.1) is 26.4 Å². The standard InChI is InChI=1S/C31H45N5O5S2/c1-40-28(38)26(20-42-2)32-29(39)31(12-4-3-5-13-31)34-27(37)23-8-6-22(7-9-23)25-21-43-30(33-25)36-14-10-24(11-15-36)35-16-18-41-19-17-35/h6-9,24-26H,3-5,10-21H2,1-2H3,(H,32,39)(H,34,37)/t25?,26-/m0/s1. The molecule has 2 N–H and O–H groups in total. The molecule has 2 saturated heterocycles. The maximum absolute atomic E-state index is 13.5. The Morgan fingerprint density at radius 2 is 1.79 bits per heavy atom. The zero-order chi connectivity index (χ0) is 30.2. The van der Waals surface area contributed by atoms with Gasteiger partial charge in [0, 0.05) is 49.3 Å². The van der Waals surface area contributed by atoms with Gasteiger partial charge in [-0.1, -0.05) is 43.2 Å². The number of morpholine rings is 1. The summed E-state index contributed by atoms with van der Waals surface area (Å²) in [4.78, 5) is 49.2. The number of rotatable bonds is 9. The molecule has 236 valence electrons. The molecule has 1 aromatic rings. The zero-order valence-corrected chi connectivity index (χ0v) is 27.0. The van der Waals surface area contributed by atoms with Crippen LogP contribution in [0.4, 0.5) is 0 Å². The van der Waals surface area contributed by atoms with Gasteiger partial charge in [0.1, 0.15) is 11.6 Å². The number of nitrogens with one attached hydrogen (secondary N) is 2. The normalized spacial score (nSPS) is 23.7. The summed E-state index contributed by atoms with van der Waals surface area (Å²) < 4.78 is 10.4. The number of methoxy groups -OCH3 is 1. The maximum Gasteiger partial charge on any atom is 0.329 e. The highest BCUT2D eigenvalue weighted by Crippen LogP contribution is 2.34. The van der Waals surface area contributed by atoms with Gasteiger partial charge in [0.2, 0.25) is 5.91 Å². The molecule has 12 heteroatoms. The third-order valence-electron chi connectivity index (χ3n) is 9.11. The van der Waals surface area contributed by atoms with Crippen LogP contribution in [0.3, 0.4) is 0 Å². The van der Waals surface area contributed by atoms with Crippen molar-refractivity contribution in [1.29, 1.82) is 0 Å². The third kappa shape index (κ3) is 7.87. The summed E-state index contributed by atoms with van der Waals surface area (Å²) in [6.45, 7) is 5.84. The van der Waals surface area contributed by atoms with Crippen LogP contribution >= 0.6 is 23.5 Å². The Hall–Kier alpha value is -2.28. The molecule has 2 amide bonds. The Bertz CT molecular complexity index is 1150.